The lowest BCUT2D eigenvalue weighted by molar-refractivity contribution is 0.0229. The second-order valence-corrected chi connectivity index (χ2v) is 4.49. The van der Waals surface area contributed by atoms with Crippen LogP contribution < -0.4 is 16.8 Å². The van der Waals surface area contributed by atoms with Gasteiger partial charge in [-0.25, -0.2) is 0 Å². The topological polar surface area (TPSA) is 90.4 Å². The van der Waals surface area contributed by atoms with Gasteiger partial charge in [0.1, 0.15) is 0 Å². The third kappa shape index (κ3) is 3.64. The number of methoxy groups -OCH3 is 1. The molecule has 0 fully saturated rings. The number of nitrogens with two attached hydrogens (primary N) is 2. The summed E-state index contributed by atoms with van der Waals surface area (Å²) in [5, 5.41) is 2.77. The molecule has 0 atom stereocenters. The molecule has 0 aromatic heterocycles. The summed E-state index contributed by atoms with van der Waals surface area (Å²) in [5.74, 6) is -0.229. The van der Waals surface area contributed by atoms with E-state index in [1.54, 1.807) is 25.3 Å². The number of hydrogen-bond donors (Lipinski definition) is 3. The average Bonchev–Trinajstić information content (AvgIpc) is 2.26. The largest absolute Gasteiger partial charge is 0.399 e. The van der Waals surface area contributed by atoms with Crippen molar-refractivity contribution < 1.29 is 9.53 Å². The number of nitrogen functional groups attached to an aromatic ring is 2. The lowest BCUT2D eigenvalue weighted by atomic mass is 10.1. The van der Waals surface area contributed by atoms with Crippen LogP contribution in [0.4, 0.5) is 11.4 Å². The van der Waals surface area contributed by atoms with E-state index in [-0.39, 0.29) is 5.91 Å². The van der Waals surface area contributed by atoms with Gasteiger partial charge in [-0.2, -0.15) is 0 Å². The number of amides is 1. The van der Waals surface area contributed by atoms with Crippen molar-refractivity contribution in [3.05, 3.63) is 23.8 Å². The van der Waals surface area contributed by atoms with E-state index in [2.05, 4.69) is 5.32 Å². The van der Waals surface area contributed by atoms with Gasteiger partial charge in [0.25, 0.3) is 5.91 Å². The van der Waals surface area contributed by atoms with Crippen LogP contribution in [-0.4, -0.2) is 25.2 Å². The van der Waals surface area contributed by atoms with Crippen molar-refractivity contribution >= 4 is 17.3 Å². The van der Waals surface area contributed by atoms with Crippen LogP contribution in [0.2, 0.25) is 0 Å². The van der Waals surface area contributed by atoms with Crippen molar-refractivity contribution in [3.63, 3.8) is 0 Å². The number of rotatable bonds is 4. The standard InChI is InChI=1S/C12H19N3O2/c1-12(2,17-3)7-15-11(16)9-5-4-8(13)6-10(9)14/h4-6H,7,13-14H2,1-3H3,(H,15,16). The number of carbonyl (C=O) groups is 1. The smallest absolute Gasteiger partial charge is 0.253 e. The second kappa shape index (κ2) is 5.05. The summed E-state index contributed by atoms with van der Waals surface area (Å²) in [6.45, 7) is 4.19. The molecule has 0 unspecified atom stereocenters. The first-order valence-electron chi connectivity index (χ1n) is 5.34. The van der Waals surface area contributed by atoms with E-state index >= 15 is 0 Å². The van der Waals surface area contributed by atoms with Crippen LogP contribution >= 0.6 is 0 Å². The van der Waals surface area contributed by atoms with Crippen molar-refractivity contribution in [1.82, 2.24) is 5.32 Å². The van der Waals surface area contributed by atoms with Gasteiger partial charge in [0.15, 0.2) is 0 Å². The number of anilines is 2. The Morgan fingerprint density at radius 1 is 1.41 bits per heavy atom. The third-order valence-corrected chi connectivity index (χ3v) is 2.55. The molecule has 0 bridgehead atoms. The number of carbonyl (C=O) groups excluding carboxylic acids is 1. The normalized spacial score (nSPS) is 11.2. The molecule has 0 saturated carbocycles. The van der Waals surface area contributed by atoms with Crippen LogP contribution in [0.3, 0.4) is 0 Å². The Labute approximate surface area is 101 Å². The Balaban J connectivity index is 2.71. The Bertz CT molecular complexity index is 416. The van der Waals surface area contributed by atoms with Crippen LogP contribution in [0.1, 0.15) is 24.2 Å². The monoisotopic (exact) mass is 237 g/mol. The molecular formula is C12H19N3O2. The second-order valence-electron chi connectivity index (χ2n) is 4.49. The zero-order valence-corrected chi connectivity index (χ0v) is 10.4. The first kappa shape index (κ1) is 13.3. The SMILES string of the molecule is COC(C)(C)CNC(=O)c1ccc(N)cc1N. The third-order valence-electron chi connectivity index (χ3n) is 2.55. The summed E-state index contributed by atoms with van der Waals surface area (Å²) in [5.41, 5.74) is 12.2. The zero-order chi connectivity index (χ0) is 13.1. The first-order valence-corrected chi connectivity index (χ1v) is 5.34. The van der Waals surface area contributed by atoms with Gasteiger partial charge >= 0.3 is 0 Å². The highest BCUT2D eigenvalue weighted by molar-refractivity contribution is 5.99. The van der Waals surface area contributed by atoms with Crippen LogP contribution in [-0.2, 0) is 4.74 Å². The minimum Gasteiger partial charge on any atom is -0.399 e. The molecule has 1 rings (SSSR count). The minimum absolute atomic E-state index is 0.229. The van der Waals surface area contributed by atoms with E-state index < -0.39 is 5.60 Å². The Morgan fingerprint density at radius 2 is 2.06 bits per heavy atom. The summed E-state index contributed by atoms with van der Waals surface area (Å²) in [4.78, 5) is 11.9. The van der Waals surface area contributed by atoms with Gasteiger partial charge in [-0.1, -0.05) is 0 Å². The summed E-state index contributed by atoms with van der Waals surface area (Å²) < 4.78 is 5.21. The molecule has 5 N–H and O–H groups in total. The van der Waals surface area contributed by atoms with E-state index in [4.69, 9.17) is 16.2 Å². The predicted molar refractivity (Wildman–Crippen MR) is 68.7 cm³/mol. The maximum atomic E-state index is 11.9. The van der Waals surface area contributed by atoms with E-state index in [0.717, 1.165) is 0 Å². The molecule has 94 valence electrons. The molecule has 5 heteroatoms. The minimum atomic E-state index is -0.405. The van der Waals surface area contributed by atoms with E-state index in [1.165, 1.54) is 0 Å². The van der Waals surface area contributed by atoms with Crippen LogP contribution in [0.25, 0.3) is 0 Å². The van der Waals surface area contributed by atoms with Crippen molar-refractivity contribution in [1.29, 1.82) is 0 Å². The maximum Gasteiger partial charge on any atom is 0.253 e. The van der Waals surface area contributed by atoms with E-state index in [9.17, 15) is 4.79 Å². The summed E-state index contributed by atoms with van der Waals surface area (Å²) in [7, 11) is 1.60. The molecule has 0 aliphatic carbocycles. The van der Waals surface area contributed by atoms with Crippen molar-refractivity contribution in [3.8, 4) is 0 Å². The molecule has 0 spiro atoms. The predicted octanol–water partition coefficient (Wildman–Crippen LogP) is 1.01. The molecular weight excluding hydrogens is 218 g/mol. The number of nitrogens with one attached hydrogen (secondary N) is 1. The molecule has 0 radical (unpaired) electrons. The average molecular weight is 237 g/mol. The van der Waals surface area contributed by atoms with Crippen molar-refractivity contribution in [2.24, 2.45) is 0 Å². The highest BCUT2D eigenvalue weighted by Crippen LogP contribution is 2.15. The van der Waals surface area contributed by atoms with E-state index in [1.807, 2.05) is 13.8 Å². The molecule has 0 heterocycles. The van der Waals surface area contributed by atoms with Gasteiger partial charge in [0, 0.05) is 25.0 Å². The molecule has 5 nitrogen and oxygen atoms in total. The Hall–Kier alpha value is -1.75. The highest BCUT2D eigenvalue weighted by Gasteiger charge is 2.18. The van der Waals surface area contributed by atoms with Crippen molar-refractivity contribution in [2.45, 2.75) is 19.4 Å². The summed E-state index contributed by atoms with van der Waals surface area (Å²) in [6.07, 6.45) is 0. The van der Waals surface area contributed by atoms with Gasteiger partial charge in [0.2, 0.25) is 0 Å². The summed E-state index contributed by atoms with van der Waals surface area (Å²) in [6, 6.07) is 4.82. The summed E-state index contributed by atoms with van der Waals surface area (Å²) >= 11 is 0. The van der Waals surface area contributed by atoms with Gasteiger partial charge in [-0.3, -0.25) is 4.79 Å². The zero-order valence-electron chi connectivity index (χ0n) is 10.4. The quantitative estimate of drug-likeness (QED) is 0.681. The highest BCUT2D eigenvalue weighted by atomic mass is 16.5. The lowest BCUT2D eigenvalue weighted by Crippen LogP contribution is -2.39. The fraction of sp³-hybridized carbons (Fsp3) is 0.417. The molecule has 0 saturated heterocycles. The number of benzene rings is 1. The van der Waals surface area contributed by atoms with Crippen LogP contribution in [0.5, 0.6) is 0 Å². The van der Waals surface area contributed by atoms with Crippen LogP contribution in [0, 0.1) is 0 Å². The molecule has 1 aromatic carbocycles. The fourth-order valence-electron chi connectivity index (χ4n) is 1.25. The van der Waals surface area contributed by atoms with Crippen molar-refractivity contribution in [2.75, 3.05) is 25.1 Å². The first-order chi connectivity index (χ1) is 7.85. The fourth-order valence-corrected chi connectivity index (χ4v) is 1.25. The van der Waals surface area contributed by atoms with Gasteiger partial charge < -0.3 is 21.5 Å². The lowest BCUT2D eigenvalue weighted by Gasteiger charge is -2.23. The number of ether oxygens (including phenoxy) is 1. The van der Waals surface area contributed by atoms with E-state index in [0.29, 0.717) is 23.5 Å². The molecule has 0 aliphatic heterocycles. The Morgan fingerprint density at radius 3 is 2.59 bits per heavy atom. The van der Waals surface area contributed by atoms with Crippen LogP contribution in [0.15, 0.2) is 18.2 Å². The number of hydrogen-bond acceptors (Lipinski definition) is 4. The molecule has 17 heavy (non-hydrogen) atoms. The van der Waals surface area contributed by atoms with Gasteiger partial charge in [0.05, 0.1) is 11.2 Å². The van der Waals surface area contributed by atoms with Gasteiger partial charge in [-0.15, -0.1) is 0 Å². The molecule has 1 aromatic rings. The Kier molecular flexibility index (Phi) is 3.96. The maximum absolute atomic E-state index is 11.9. The van der Waals surface area contributed by atoms with Gasteiger partial charge in [-0.05, 0) is 32.0 Å². The molecule has 1 amide bonds. The molecule has 0 aliphatic rings.